The molecule has 0 bridgehead atoms. The van der Waals surface area contributed by atoms with Crippen LogP contribution in [-0.4, -0.2) is 15.6 Å². The second-order valence-electron chi connectivity index (χ2n) is 5.12. The van der Waals surface area contributed by atoms with E-state index in [0.29, 0.717) is 12.2 Å². The molecule has 1 aromatic heterocycles. The second kappa shape index (κ2) is 7.34. The van der Waals surface area contributed by atoms with Crippen molar-refractivity contribution in [3.63, 3.8) is 0 Å². The van der Waals surface area contributed by atoms with Gasteiger partial charge in [-0.15, -0.1) is 0 Å². The molecule has 0 N–H and O–H groups in total. The fourth-order valence-electron chi connectivity index (χ4n) is 2.32. The number of hydrogen-bond donors (Lipinski definition) is 0. The van der Waals surface area contributed by atoms with Gasteiger partial charge < -0.3 is 0 Å². The molecule has 1 heterocycles. The predicted molar refractivity (Wildman–Crippen MR) is 74.8 cm³/mol. The summed E-state index contributed by atoms with van der Waals surface area (Å²) in [6.45, 7) is 6.28. The van der Waals surface area contributed by atoms with Crippen LogP contribution in [0.4, 0.5) is 0 Å². The number of ketones is 1. The molecule has 0 fully saturated rings. The highest BCUT2D eigenvalue weighted by atomic mass is 16.1. The molecule has 0 aliphatic heterocycles. The Hall–Kier alpha value is -1.12. The summed E-state index contributed by atoms with van der Waals surface area (Å²) in [7, 11) is 1.96. The molecule has 0 aliphatic carbocycles. The van der Waals surface area contributed by atoms with Crippen LogP contribution in [0.15, 0.2) is 0 Å². The normalized spacial score (nSPS) is 10.9. The maximum atomic E-state index is 11.8. The summed E-state index contributed by atoms with van der Waals surface area (Å²) in [4.78, 5) is 11.8. The van der Waals surface area contributed by atoms with Crippen molar-refractivity contribution in [2.45, 2.75) is 65.7 Å². The smallest absolute Gasteiger partial charge is 0.133 e. The Morgan fingerprint density at radius 1 is 1.17 bits per heavy atom. The molecule has 18 heavy (non-hydrogen) atoms. The number of hydrogen-bond acceptors (Lipinski definition) is 2. The number of nitrogens with zero attached hydrogens (tertiary/aromatic N) is 2. The topological polar surface area (TPSA) is 34.9 Å². The zero-order chi connectivity index (χ0) is 13.5. The first-order chi connectivity index (χ1) is 8.56. The highest BCUT2D eigenvalue weighted by molar-refractivity contribution is 5.78. The van der Waals surface area contributed by atoms with Gasteiger partial charge >= 0.3 is 0 Å². The molecule has 0 unspecified atom stereocenters. The third-order valence-electron chi connectivity index (χ3n) is 3.62. The van der Waals surface area contributed by atoms with E-state index in [2.05, 4.69) is 18.9 Å². The van der Waals surface area contributed by atoms with Crippen LogP contribution in [0.1, 0.15) is 62.4 Å². The Kier molecular flexibility index (Phi) is 6.10. The Bertz CT molecular complexity index is 393. The van der Waals surface area contributed by atoms with E-state index in [-0.39, 0.29) is 0 Å². The lowest BCUT2D eigenvalue weighted by Gasteiger charge is -2.02. The number of aryl methyl sites for hydroxylation is 2. The van der Waals surface area contributed by atoms with Gasteiger partial charge in [-0.1, -0.05) is 26.2 Å². The van der Waals surface area contributed by atoms with Crippen LogP contribution in [-0.2, 0) is 18.3 Å². The summed E-state index contributed by atoms with van der Waals surface area (Å²) in [5.74, 6) is 0.397. The van der Waals surface area contributed by atoms with Gasteiger partial charge in [0, 0.05) is 25.6 Å². The van der Waals surface area contributed by atoms with E-state index in [1.807, 2.05) is 18.7 Å². The lowest BCUT2D eigenvalue weighted by Crippen LogP contribution is -2.02. The van der Waals surface area contributed by atoms with Crippen LogP contribution >= 0.6 is 0 Å². The minimum Gasteiger partial charge on any atom is -0.300 e. The first kappa shape index (κ1) is 14.9. The molecular formula is C15H26N2O. The lowest BCUT2D eigenvalue weighted by molar-refractivity contribution is -0.119. The lowest BCUT2D eigenvalue weighted by atomic mass is 10.0. The minimum atomic E-state index is 0.397. The Morgan fingerprint density at radius 3 is 2.44 bits per heavy atom. The molecule has 0 spiro atoms. The largest absolute Gasteiger partial charge is 0.300 e. The first-order valence-corrected chi connectivity index (χ1v) is 7.07. The molecule has 1 rings (SSSR count). The molecule has 3 nitrogen and oxygen atoms in total. The SMILES string of the molecule is CCCCCCC(=O)CCc1c(C)nn(C)c1C. The highest BCUT2D eigenvalue weighted by Crippen LogP contribution is 2.15. The summed E-state index contributed by atoms with van der Waals surface area (Å²) in [6.07, 6.45) is 6.97. The number of aromatic nitrogens is 2. The fraction of sp³-hybridized carbons (Fsp3) is 0.733. The van der Waals surface area contributed by atoms with Crippen molar-refractivity contribution in [1.82, 2.24) is 9.78 Å². The highest BCUT2D eigenvalue weighted by Gasteiger charge is 2.11. The molecule has 3 heteroatoms. The quantitative estimate of drug-likeness (QED) is 0.662. The van der Waals surface area contributed by atoms with Crippen molar-refractivity contribution in [1.29, 1.82) is 0 Å². The van der Waals surface area contributed by atoms with Crippen LogP contribution in [0.2, 0.25) is 0 Å². The van der Waals surface area contributed by atoms with Crippen molar-refractivity contribution >= 4 is 5.78 Å². The van der Waals surface area contributed by atoms with Gasteiger partial charge in [-0.2, -0.15) is 5.10 Å². The zero-order valence-corrected chi connectivity index (χ0v) is 12.3. The number of carbonyl (C=O) groups is 1. The van der Waals surface area contributed by atoms with E-state index in [1.54, 1.807) is 0 Å². The van der Waals surface area contributed by atoms with Gasteiger partial charge in [0.1, 0.15) is 5.78 Å². The Morgan fingerprint density at radius 2 is 1.89 bits per heavy atom. The number of carbonyl (C=O) groups excluding carboxylic acids is 1. The number of Topliss-reactive ketones (excluding diaryl/α,β-unsaturated/α-hetero) is 1. The van der Waals surface area contributed by atoms with Crippen molar-refractivity contribution in [3.05, 3.63) is 17.0 Å². The van der Waals surface area contributed by atoms with Gasteiger partial charge in [-0.05, 0) is 32.3 Å². The van der Waals surface area contributed by atoms with Gasteiger partial charge in [-0.25, -0.2) is 0 Å². The summed E-state index contributed by atoms with van der Waals surface area (Å²) in [6, 6.07) is 0. The van der Waals surface area contributed by atoms with Gasteiger partial charge in [-0.3, -0.25) is 9.48 Å². The summed E-state index contributed by atoms with van der Waals surface area (Å²) >= 11 is 0. The first-order valence-electron chi connectivity index (χ1n) is 7.07. The van der Waals surface area contributed by atoms with Gasteiger partial charge in [0.25, 0.3) is 0 Å². The molecule has 0 atom stereocenters. The number of unbranched alkanes of at least 4 members (excludes halogenated alkanes) is 3. The molecule has 102 valence electrons. The van der Waals surface area contributed by atoms with Crippen molar-refractivity contribution < 1.29 is 4.79 Å². The maximum Gasteiger partial charge on any atom is 0.133 e. The summed E-state index contributed by atoms with van der Waals surface area (Å²) in [5.41, 5.74) is 3.50. The fourth-order valence-corrected chi connectivity index (χ4v) is 2.32. The van der Waals surface area contributed by atoms with Crippen LogP contribution < -0.4 is 0 Å². The van der Waals surface area contributed by atoms with Crippen molar-refractivity contribution in [2.75, 3.05) is 0 Å². The molecular weight excluding hydrogens is 224 g/mol. The zero-order valence-electron chi connectivity index (χ0n) is 12.3. The van der Waals surface area contributed by atoms with Gasteiger partial charge in [0.05, 0.1) is 5.69 Å². The maximum absolute atomic E-state index is 11.8. The molecule has 0 saturated carbocycles. The summed E-state index contributed by atoms with van der Waals surface area (Å²) in [5, 5.41) is 4.38. The van der Waals surface area contributed by atoms with E-state index < -0.39 is 0 Å². The Labute approximate surface area is 111 Å². The minimum absolute atomic E-state index is 0.397. The molecule has 0 aromatic carbocycles. The second-order valence-corrected chi connectivity index (χ2v) is 5.12. The average Bonchev–Trinajstić information content (AvgIpc) is 2.57. The predicted octanol–water partition coefficient (Wildman–Crippen LogP) is 3.51. The van der Waals surface area contributed by atoms with E-state index in [9.17, 15) is 4.79 Å². The van der Waals surface area contributed by atoms with E-state index in [1.165, 1.54) is 30.5 Å². The van der Waals surface area contributed by atoms with E-state index in [4.69, 9.17) is 0 Å². The van der Waals surface area contributed by atoms with Crippen molar-refractivity contribution in [2.24, 2.45) is 7.05 Å². The Balaban J connectivity index is 2.34. The van der Waals surface area contributed by atoms with Crippen molar-refractivity contribution in [3.8, 4) is 0 Å². The third-order valence-corrected chi connectivity index (χ3v) is 3.62. The summed E-state index contributed by atoms with van der Waals surface area (Å²) < 4.78 is 1.90. The standard InChI is InChI=1S/C15H26N2O/c1-5-6-7-8-9-14(18)10-11-15-12(2)16-17(4)13(15)3/h5-11H2,1-4H3. The van der Waals surface area contributed by atoms with Crippen LogP contribution in [0.25, 0.3) is 0 Å². The number of rotatable bonds is 8. The van der Waals surface area contributed by atoms with E-state index in [0.717, 1.165) is 25.0 Å². The van der Waals surface area contributed by atoms with Crippen LogP contribution in [0.5, 0.6) is 0 Å². The molecule has 0 aliphatic rings. The molecule has 0 radical (unpaired) electrons. The van der Waals surface area contributed by atoms with Crippen LogP contribution in [0, 0.1) is 13.8 Å². The molecule has 0 saturated heterocycles. The monoisotopic (exact) mass is 250 g/mol. The van der Waals surface area contributed by atoms with E-state index >= 15 is 0 Å². The van der Waals surface area contributed by atoms with Crippen LogP contribution in [0.3, 0.4) is 0 Å². The third kappa shape index (κ3) is 4.28. The van der Waals surface area contributed by atoms with Gasteiger partial charge in [0.15, 0.2) is 0 Å². The molecule has 0 amide bonds. The van der Waals surface area contributed by atoms with Gasteiger partial charge in [0.2, 0.25) is 0 Å². The molecule has 1 aromatic rings. The average molecular weight is 250 g/mol.